The highest BCUT2D eigenvalue weighted by molar-refractivity contribution is 6.31. The first-order valence-electron chi connectivity index (χ1n) is 5.78. The molecule has 0 radical (unpaired) electrons. The Balaban J connectivity index is 2.42. The lowest BCUT2D eigenvalue weighted by molar-refractivity contribution is -0.101. The van der Waals surface area contributed by atoms with Crippen molar-refractivity contribution in [1.82, 2.24) is 4.90 Å². The van der Waals surface area contributed by atoms with Gasteiger partial charge in [-0.3, -0.25) is 4.90 Å². The summed E-state index contributed by atoms with van der Waals surface area (Å²) < 4.78 is 11.5. The van der Waals surface area contributed by atoms with E-state index in [0.717, 1.165) is 26.3 Å². The van der Waals surface area contributed by atoms with Gasteiger partial charge in [-0.25, -0.2) is 0 Å². The van der Waals surface area contributed by atoms with Gasteiger partial charge in [0, 0.05) is 13.1 Å². The fraction of sp³-hybridized carbons (Fsp3) is 1.00. The number of nitrogens with zero attached hydrogens (tertiary/aromatic N) is 1. The molecule has 0 amide bonds. The second-order valence-electron chi connectivity index (χ2n) is 5.90. The zero-order chi connectivity index (χ0) is 11.5. The maximum absolute atomic E-state index is 6.14. The third-order valence-electron chi connectivity index (χ3n) is 2.63. The van der Waals surface area contributed by atoms with Crippen LogP contribution in [-0.2, 0) is 9.16 Å². The standard InChI is InChI=1S/C11H25NO2Si/c1-10(2,3)15-14-11(4,5)12-6-8-13-9-7-12/h6-9,15H2,1-5H3. The van der Waals surface area contributed by atoms with Crippen LogP contribution in [0.5, 0.6) is 0 Å². The van der Waals surface area contributed by atoms with E-state index in [2.05, 4.69) is 39.5 Å². The van der Waals surface area contributed by atoms with Gasteiger partial charge in [-0.1, -0.05) is 20.8 Å². The van der Waals surface area contributed by atoms with Crippen LogP contribution in [0.2, 0.25) is 5.04 Å². The topological polar surface area (TPSA) is 21.7 Å². The van der Waals surface area contributed by atoms with E-state index >= 15 is 0 Å². The van der Waals surface area contributed by atoms with Crippen LogP contribution in [0.4, 0.5) is 0 Å². The van der Waals surface area contributed by atoms with E-state index in [4.69, 9.17) is 9.16 Å². The average molecular weight is 231 g/mol. The maximum Gasteiger partial charge on any atom is 0.169 e. The highest BCUT2D eigenvalue weighted by atomic mass is 28.2. The summed E-state index contributed by atoms with van der Waals surface area (Å²) in [6.07, 6.45) is 0. The molecule has 3 nitrogen and oxygen atoms in total. The molecule has 0 spiro atoms. The van der Waals surface area contributed by atoms with Gasteiger partial charge in [-0.15, -0.1) is 0 Å². The molecule has 1 aliphatic rings. The van der Waals surface area contributed by atoms with Crippen molar-refractivity contribution in [3.63, 3.8) is 0 Å². The third kappa shape index (κ3) is 4.63. The lowest BCUT2D eigenvalue weighted by atomic mass is 10.2. The van der Waals surface area contributed by atoms with Gasteiger partial charge in [0.25, 0.3) is 0 Å². The number of ether oxygens (including phenoxy) is 1. The first kappa shape index (κ1) is 13.2. The molecular weight excluding hydrogens is 206 g/mol. The van der Waals surface area contributed by atoms with Gasteiger partial charge < -0.3 is 9.16 Å². The van der Waals surface area contributed by atoms with Crippen molar-refractivity contribution in [2.45, 2.75) is 45.4 Å². The van der Waals surface area contributed by atoms with Crippen molar-refractivity contribution in [3.8, 4) is 0 Å². The molecule has 0 aromatic rings. The van der Waals surface area contributed by atoms with Gasteiger partial charge in [0.1, 0.15) is 5.72 Å². The summed E-state index contributed by atoms with van der Waals surface area (Å²) >= 11 is 0. The van der Waals surface area contributed by atoms with Gasteiger partial charge in [0.2, 0.25) is 0 Å². The summed E-state index contributed by atoms with van der Waals surface area (Å²) in [6, 6.07) is 0. The van der Waals surface area contributed by atoms with E-state index in [0.29, 0.717) is 5.04 Å². The predicted molar refractivity (Wildman–Crippen MR) is 65.8 cm³/mol. The molecule has 0 unspecified atom stereocenters. The highest BCUT2D eigenvalue weighted by Crippen LogP contribution is 2.25. The van der Waals surface area contributed by atoms with Gasteiger partial charge in [-0.05, 0) is 18.9 Å². The van der Waals surface area contributed by atoms with Crippen LogP contribution in [-0.4, -0.2) is 46.7 Å². The Labute approximate surface area is 96.1 Å². The van der Waals surface area contributed by atoms with Crippen LogP contribution < -0.4 is 0 Å². The minimum atomic E-state index is -0.482. The van der Waals surface area contributed by atoms with Crippen molar-refractivity contribution in [2.24, 2.45) is 0 Å². The van der Waals surface area contributed by atoms with E-state index in [1.54, 1.807) is 0 Å². The quantitative estimate of drug-likeness (QED) is 0.685. The van der Waals surface area contributed by atoms with Gasteiger partial charge >= 0.3 is 0 Å². The van der Waals surface area contributed by atoms with Crippen molar-refractivity contribution in [3.05, 3.63) is 0 Å². The summed E-state index contributed by atoms with van der Waals surface area (Å²) in [7, 11) is -0.482. The Morgan fingerprint density at radius 3 is 2.07 bits per heavy atom. The summed E-state index contributed by atoms with van der Waals surface area (Å²) in [6.45, 7) is 14.8. The number of hydrogen-bond acceptors (Lipinski definition) is 3. The zero-order valence-corrected chi connectivity index (χ0v) is 12.2. The average Bonchev–Trinajstić information content (AvgIpc) is 2.16. The fourth-order valence-electron chi connectivity index (χ4n) is 1.59. The van der Waals surface area contributed by atoms with Gasteiger partial charge in [0.15, 0.2) is 9.76 Å². The maximum atomic E-state index is 6.14. The molecule has 15 heavy (non-hydrogen) atoms. The number of rotatable bonds is 3. The van der Waals surface area contributed by atoms with Gasteiger partial charge in [-0.2, -0.15) is 0 Å². The molecule has 1 rings (SSSR count). The summed E-state index contributed by atoms with van der Waals surface area (Å²) in [5.41, 5.74) is -0.108. The number of morpholine rings is 1. The molecule has 1 saturated heterocycles. The molecule has 0 atom stereocenters. The predicted octanol–water partition coefficient (Wildman–Crippen LogP) is 1.37. The first-order chi connectivity index (χ1) is 6.81. The Morgan fingerprint density at radius 2 is 1.60 bits per heavy atom. The molecule has 0 aliphatic carbocycles. The van der Waals surface area contributed by atoms with Crippen molar-refractivity contribution >= 4 is 9.76 Å². The second kappa shape index (κ2) is 4.95. The Bertz CT molecular complexity index is 195. The summed E-state index contributed by atoms with van der Waals surface area (Å²) in [4.78, 5) is 2.38. The molecule has 1 aliphatic heterocycles. The SMILES string of the molecule is CC(C)(C)[SiH2]OC(C)(C)N1CCOCC1. The molecule has 0 aromatic carbocycles. The monoisotopic (exact) mass is 231 g/mol. The lowest BCUT2D eigenvalue weighted by Gasteiger charge is -2.42. The van der Waals surface area contributed by atoms with Crippen LogP contribution in [0.25, 0.3) is 0 Å². The summed E-state index contributed by atoms with van der Waals surface area (Å²) in [5, 5.41) is 0.365. The van der Waals surface area contributed by atoms with E-state index in [9.17, 15) is 0 Å². The molecule has 1 heterocycles. The van der Waals surface area contributed by atoms with Crippen LogP contribution in [0.1, 0.15) is 34.6 Å². The Hall–Kier alpha value is 0.0969. The molecule has 0 saturated carbocycles. The van der Waals surface area contributed by atoms with Crippen molar-refractivity contribution < 1.29 is 9.16 Å². The van der Waals surface area contributed by atoms with Crippen molar-refractivity contribution in [1.29, 1.82) is 0 Å². The largest absolute Gasteiger partial charge is 0.406 e. The van der Waals surface area contributed by atoms with Crippen LogP contribution in [0.3, 0.4) is 0 Å². The van der Waals surface area contributed by atoms with Crippen LogP contribution >= 0.6 is 0 Å². The molecule has 0 aromatic heterocycles. The minimum Gasteiger partial charge on any atom is -0.406 e. The normalized spacial score (nSPS) is 21.4. The summed E-state index contributed by atoms with van der Waals surface area (Å²) in [5.74, 6) is 0. The second-order valence-corrected chi connectivity index (χ2v) is 8.59. The van der Waals surface area contributed by atoms with Crippen molar-refractivity contribution in [2.75, 3.05) is 26.3 Å². The van der Waals surface area contributed by atoms with Crippen LogP contribution in [0.15, 0.2) is 0 Å². The van der Waals surface area contributed by atoms with E-state index in [-0.39, 0.29) is 5.72 Å². The number of hydrogen-bond donors (Lipinski definition) is 0. The molecule has 0 bridgehead atoms. The third-order valence-corrected chi connectivity index (χ3v) is 4.35. The zero-order valence-electron chi connectivity index (χ0n) is 10.8. The van der Waals surface area contributed by atoms with E-state index in [1.807, 2.05) is 0 Å². The minimum absolute atomic E-state index is 0.108. The van der Waals surface area contributed by atoms with Crippen LogP contribution in [0, 0.1) is 0 Å². The Kier molecular flexibility index (Phi) is 4.35. The smallest absolute Gasteiger partial charge is 0.169 e. The molecule has 0 N–H and O–H groups in total. The highest BCUT2D eigenvalue weighted by Gasteiger charge is 2.30. The molecule has 4 heteroatoms. The van der Waals surface area contributed by atoms with Gasteiger partial charge in [0.05, 0.1) is 13.2 Å². The Morgan fingerprint density at radius 1 is 1.07 bits per heavy atom. The van der Waals surface area contributed by atoms with E-state index in [1.165, 1.54) is 0 Å². The first-order valence-corrected chi connectivity index (χ1v) is 7.06. The molecule has 1 fully saturated rings. The molecular formula is C11H25NO2Si. The van der Waals surface area contributed by atoms with E-state index < -0.39 is 9.76 Å². The lowest BCUT2D eigenvalue weighted by Crippen LogP contribution is -2.52. The fourth-order valence-corrected chi connectivity index (χ4v) is 2.56. The molecule has 90 valence electrons.